The first-order chi connectivity index (χ1) is 23.1. The maximum Gasteiger partial charge on any atom is 1.00 e. The van der Waals surface area contributed by atoms with Crippen molar-refractivity contribution in [1.29, 1.82) is 0 Å². The van der Waals surface area contributed by atoms with Gasteiger partial charge in [-0.1, -0.05) is 6.08 Å². The summed E-state index contributed by atoms with van der Waals surface area (Å²) in [6.45, 7) is -0.740. The molecule has 0 saturated heterocycles. The van der Waals surface area contributed by atoms with Gasteiger partial charge < -0.3 is 24.7 Å². The van der Waals surface area contributed by atoms with E-state index in [1.54, 1.807) is 0 Å². The number of aliphatic carboxylic acids is 1. The zero-order valence-electron chi connectivity index (χ0n) is 27.3. The number of carboxylic acid groups (broad SMARTS) is 1. The smallest absolute Gasteiger partial charge is 0.744 e. The molecule has 1 amide bonds. The summed E-state index contributed by atoms with van der Waals surface area (Å²) in [6, 6.07) is 5.42. The minimum atomic E-state index is -5.29. The van der Waals surface area contributed by atoms with Crippen LogP contribution < -0.4 is 227 Å². The molecule has 2 heterocycles. The fourth-order valence-corrected chi connectivity index (χ4v) is 6.16. The molecule has 0 atom stereocenters. The van der Waals surface area contributed by atoms with Crippen LogP contribution in [0.4, 0.5) is 5.69 Å². The van der Waals surface area contributed by atoms with E-state index in [9.17, 15) is 55.9 Å². The number of hydrogen-bond acceptors (Lipinski definition) is 20. The van der Waals surface area contributed by atoms with Crippen molar-refractivity contribution in [2.45, 2.75) is 26.2 Å². The van der Waals surface area contributed by atoms with E-state index >= 15 is 0 Å². The number of carboxylic acids is 1. The average Bonchev–Trinajstić information content (AvgIpc) is 3.53. The average molecular weight is 919 g/mol. The van der Waals surface area contributed by atoms with Gasteiger partial charge in [0, 0.05) is 9.79 Å². The second-order valence-electron chi connectivity index (χ2n) is 8.83. The molecule has 3 aromatic rings. The summed E-state index contributed by atoms with van der Waals surface area (Å²) >= 11 is 0.540. The molecular formula is C23H14K4N4O18S4. The monoisotopic (exact) mass is 918 g/mol. The second-order valence-corrected chi connectivity index (χ2v) is 13.1. The number of amides is 1. The number of hydrazone groups is 1. The molecule has 0 spiro atoms. The number of nitrogens with one attached hydrogen (secondary N) is 1. The number of carbonyl (C=O) groups excluding carboxylic acids is 1. The van der Waals surface area contributed by atoms with Crippen molar-refractivity contribution in [3.8, 4) is 5.69 Å². The Balaban J connectivity index is 0.00000676. The number of hydrogen-bond donors (Lipinski definition) is 3. The van der Waals surface area contributed by atoms with Gasteiger partial charge in [-0.15, -0.1) is 0 Å². The molecule has 0 bridgehead atoms. The molecule has 1 aliphatic rings. The van der Waals surface area contributed by atoms with E-state index in [0.717, 1.165) is 54.6 Å². The number of carbonyl (C=O) groups is 2. The van der Waals surface area contributed by atoms with Crippen LogP contribution >= 0.6 is 24.1 Å². The second kappa shape index (κ2) is 25.2. The van der Waals surface area contributed by atoms with Crippen LogP contribution in [0.1, 0.15) is 11.3 Å². The van der Waals surface area contributed by atoms with E-state index < -0.39 is 82.3 Å². The van der Waals surface area contributed by atoms with Crippen molar-refractivity contribution >= 4 is 73.7 Å². The van der Waals surface area contributed by atoms with Crippen LogP contribution in [0.25, 0.3) is 11.8 Å². The number of aromatic nitrogens is 2. The number of anilines is 1. The number of benzene rings is 2. The zero-order valence-corrected chi connectivity index (χ0v) is 43.1. The van der Waals surface area contributed by atoms with Crippen molar-refractivity contribution in [3.05, 3.63) is 75.7 Å². The van der Waals surface area contributed by atoms with Crippen molar-refractivity contribution in [1.82, 2.24) is 9.78 Å². The summed E-state index contributed by atoms with van der Waals surface area (Å²) in [5.74, 6) is -3.06. The van der Waals surface area contributed by atoms with Crippen LogP contribution in [-0.2, 0) is 60.1 Å². The molecule has 22 nitrogen and oxygen atoms in total. The molecule has 0 aliphatic carbocycles. The van der Waals surface area contributed by atoms with Gasteiger partial charge in [0.15, 0.2) is 5.71 Å². The molecule has 1 aliphatic heterocycles. The van der Waals surface area contributed by atoms with E-state index in [1.807, 2.05) is 0 Å². The fourth-order valence-electron chi connectivity index (χ4n) is 4.11. The summed E-state index contributed by atoms with van der Waals surface area (Å²) in [4.78, 5) is 40.7. The molecule has 0 radical (unpaired) electrons. The summed E-state index contributed by atoms with van der Waals surface area (Å²) < 4.78 is 80.3. The number of rotatable bonds is 15. The summed E-state index contributed by atoms with van der Waals surface area (Å²) in [5, 5.41) is 51.9. The Kier molecular flexibility index (Phi) is 26.2. The first-order valence-electron chi connectivity index (χ1n) is 12.2. The maximum absolute atomic E-state index is 13.4. The van der Waals surface area contributed by atoms with Crippen molar-refractivity contribution in [2.24, 2.45) is 5.10 Å². The predicted molar refractivity (Wildman–Crippen MR) is 152 cm³/mol. The Hall–Kier alpha value is 2.29. The molecule has 3 N–H and O–H groups in total. The summed E-state index contributed by atoms with van der Waals surface area (Å²) in [5.41, 5.74) is -4.66. The van der Waals surface area contributed by atoms with Gasteiger partial charge in [-0.25, -0.2) is 31.2 Å². The van der Waals surface area contributed by atoms with Gasteiger partial charge in [-0.05, 0) is 48.6 Å². The van der Waals surface area contributed by atoms with Gasteiger partial charge in [0.05, 0.1) is 62.1 Å². The molecule has 262 valence electrons. The Morgan fingerprint density at radius 2 is 1.40 bits per heavy atom. The van der Waals surface area contributed by atoms with Crippen LogP contribution in [0, 0.1) is 0 Å². The normalized spacial score (nSPS) is 13.6. The minimum Gasteiger partial charge on any atom is -0.744 e. The number of allylic oxidation sites excluding steroid dienone is 2. The first kappa shape index (κ1) is 55.3. The SMILES string of the molecule is O=C(O)C1=NN(c2cc(SOO[O-])ccc2S(=O)(=O)[O-])C(=O)/C1=C/C=C/c1c(COO)[nH]n(-c2cc(SOO[O-])ccc2S(=O)(=O)[O-])c1=O.[K+].[K+].[K+].[K+]. The molecule has 0 fully saturated rings. The molecule has 4 rings (SSSR count). The van der Waals surface area contributed by atoms with Crippen LogP contribution in [0.2, 0.25) is 0 Å². The number of nitrogens with zero attached hydrogens (tertiary/aromatic N) is 3. The number of H-pyrrole nitrogens is 1. The Morgan fingerprint density at radius 3 is 1.87 bits per heavy atom. The Labute approximate surface area is 476 Å². The molecule has 53 heavy (non-hydrogen) atoms. The van der Waals surface area contributed by atoms with E-state index in [2.05, 4.69) is 33.8 Å². The van der Waals surface area contributed by atoms with Crippen molar-refractivity contribution < 1.29 is 286 Å². The molecule has 0 saturated carbocycles. The van der Waals surface area contributed by atoms with E-state index in [0.29, 0.717) is 16.7 Å². The topological polar surface area (TPSA) is 335 Å². The molecule has 2 aromatic carbocycles. The molecule has 0 unspecified atom stereocenters. The quantitative estimate of drug-likeness (QED) is 0.0318. The fraction of sp³-hybridized carbons (Fsp3) is 0.0435. The van der Waals surface area contributed by atoms with Gasteiger partial charge in [0.2, 0.25) is 0 Å². The van der Waals surface area contributed by atoms with Crippen LogP contribution in [0.3, 0.4) is 0 Å². The zero-order chi connectivity index (χ0) is 36.1. The largest absolute Gasteiger partial charge is 1.00 e. The maximum atomic E-state index is 13.4. The van der Waals surface area contributed by atoms with Gasteiger partial charge in [-0.3, -0.25) is 30.0 Å². The third kappa shape index (κ3) is 14.5. The van der Waals surface area contributed by atoms with Gasteiger partial charge in [-0.2, -0.15) is 18.8 Å². The Bertz CT molecular complexity index is 2180. The molecular weight excluding hydrogens is 905 g/mol. The van der Waals surface area contributed by atoms with Crippen molar-refractivity contribution in [2.75, 3.05) is 5.01 Å². The summed E-state index contributed by atoms with van der Waals surface area (Å²) in [6.07, 6.45) is 2.73. The van der Waals surface area contributed by atoms with Crippen LogP contribution in [0.15, 0.2) is 83.6 Å². The van der Waals surface area contributed by atoms with Gasteiger partial charge in [0.25, 0.3) is 11.5 Å². The van der Waals surface area contributed by atoms with Gasteiger partial charge >= 0.3 is 212 Å². The van der Waals surface area contributed by atoms with Crippen molar-refractivity contribution in [3.63, 3.8) is 0 Å². The van der Waals surface area contributed by atoms with E-state index in [1.165, 1.54) is 0 Å². The first-order valence-corrected chi connectivity index (χ1v) is 16.5. The number of aromatic amines is 1. The summed E-state index contributed by atoms with van der Waals surface area (Å²) in [7, 11) is -10.5. The third-order valence-electron chi connectivity index (χ3n) is 6.01. The van der Waals surface area contributed by atoms with Crippen LogP contribution in [-0.4, -0.2) is 63.7 Å². The van der Waals surface area contributed by atoms with E-state index in [-0.39, 0.29) is 238 Å². The van der Waals surface area contributed by atoms with E-state index in [4.69, 9.17) is 5.26 Å². The molecule has 30 heteroatoms. The standard InChI is InChI=1S/C23H18N4O18S4.4K/c28-21-13(15(10-41-32)24-26(21)16-8-11(46-44-42-33)4-6-18(16)48(35,36)37)2-1-3-14-20(23(30)31)25-27(22(14)29)17-9-12(47-45-43-34)5-7-19(17)49(38,39)40;;;;/h1-9,24,32-34H,10H2,(H,30,31)(H,35,36,37)(H,38,39,40);;;;/q;4*+1/p-4/b2-1+,14-3+;;;;. The minimum absolute atomic E-state index is 0. The Morgan fingerprint density at radius 1 is 0.887 bits per heavy atom. The molecule has 1 aromatic heterocycles. The van der Waals surface area contributed by atoms with Crippen LogP contribution in [0.5, 0.6) is 0 Å². The van der Waals surface area contributed by atoms with Gasteiger partial charge in [0.1, 0.15) is 26.8 Å². The third-order valence-corrected chi connectivity index (χ3v) is 8.91. The predicted octanol–water partition coefficient (Wildman–Crippen LogP) is -13.1.